The summed E-state index contributed by atoms with van der Waals surface area (Å²) >= 11 is 0. The summed E-state index contributed by atoms with van der Waals surface area (Å²) in [4.78, 5) is 8.96. The molecule has 5 rings (SSSR count). The average molecular weight is 376 g/mol. The quantitative estimate of drug-likeness (QED) is 0.521. The number of aromatic hydroxyl groups is 1. The Labute approximate surface area is 157 Å². The molecule has 0 amide bonds. The van der Waals surface area contributed by atoms with E-state index in [0.717, 1.165) is 0 Å². The predicted molar refractivity (Wildman–Crippen MR) is 99.0 cm³/mol. The van der Waals surface area contributed by atoms with Gasteiger partial charge in [-0.2, -0.15) is 5.10 Å². The highest BCUT2D eigenvalue weighted by Gasteiger charge is 2.16. The third-order valence-corrected chi connectivity index (χ3v) is 4.42. The highest BCUT2D eigenvalue weighted by molar-refractivity contribution is 5.90. The third kappa shape index (κ3) is 2.44. The molecule has 138 valence electrons. The molecule has 5 aromatic rings. The van der Waals surface area contributed by atoms with E-state index in [1.54, 1.807) is 35.1 Å². The average Bonchev–Trinajstić information content (AvgIpc) is 3.32. The lowest BCUT2D eigenvalue weighted by atomic mass is 10.2. The Hall–Kier alpha value is -4.01. The summed E-state index contributed by atoms with van der Waals surface area (Å²) in [5.74, 6) is 0.581. The summed E-state index contributed by atoms with van der Waals surface area (Å²) in [7, 11) is 1.53. The van der Waals surface area contributed by atoms with Gasteiger partial charge in [0.2, 0.25) is 0 Å². The molecule has 0 aliphatic heterocycles. The number of ether oxygens (including phenoxy) is 1. The molecule has 8 nitrogen and oxygen atoms in total. The molecule has 0 aliphatic rings. The summed E-state index contributed by atoms with van der Waals surface area (Å²) in [6.45, 7) is 0. The second kappa shape index (κ2) is 6.02. The summed E-state index contributed by atoms with van der Waals surface area (Å²) < 4.78 is 21.4. The number of halogens is 1. The molecule has 9 heteroatoms. The molecule has 0 fully saturated rings. The van der Waals surface area contributed by atoms with Crippen molar-refractivity contribution in [2.24, 2.45) is 0 Å². The molecule has 3 aromatic heterocycles. The lowest BCUT2D eigenvalue weighted by Gasteiger charge is -2.03. The van der Waals surface area contributed by atoms with Gasteiger partial charge in [0.05, 0.1) is 29.9 Å². The van der Waals surface area contributed by atoms with E-state index in [-0.39, 0.29) is 11.6 Å². The fraction of sp³-hybridized carbons (Fsp3) is 0.0526. The van der Waals surface area contributed by atoms with Gasteiger partial charge in [-0.15, -0.1) is 5.10 Å². The van der Waals surface area contributed by atoms with Crippen molar-refractivity contribution in [2.45, 2.75) is 0 Å². The fourth-order valence-corrected chi connectivity index (χ4v) is 3.03. The molecule has 0 aliphatic carbocycles. The number of rotatable bonds is 3. The Bertz CT molecular complexity index is 1330. The lowest BCUT2D eigenvalue weighted by molar-refractivity contribution is 0.408. The van der Waals surface area contributed by atoms with Gasteiger partial charge < -0.3 is 9.84 Å². The van der Waals surface area contributed by atoms with Crippen molar-refractivity contribution in [3.05, 3.63) is 60.8 Å². The van der Waals surface area contributed by atoms with Crippen molar-refractivity contribution in [3.8, 4) is 28.6 Å². The highest BCUT2D eigenvalue weighted by atomic mass is 19.1. The van der Waals surface area contributed by atoms with Gasteiger partial charge in [-0.05, 0) is 36.4 Å². The summed E-state index contributed by atoms with van der Waals surface area (Å²) in [6, 6.07) is 10.9. The van der Waals surface area contributed by atoms with Crippen molar-refractivity contribution in [3.63, 3.8) is 0 Å². The van der Waals surface area contributed by atoms with Crippen LogP contribution in [0.3, 0.4) is 0 Å². The van der Waals surface area contributed by atoms with Gasteiger partial charge in [0.15, 0.2) is 17.1 Å². The number of phenolic OH excluding ortho intramolecular Hbond substituents is 1. The minimum atomic E-state index is -0.322. The molecule has 28 heavy (non-hydrogen) atoms. The number of hydrogen-bond acceptors (Lipinski definition) is 6. The first-order chi connectivity index (χ1) is 13.6. The Balaban J connectivity index is 1.66. The van der Waals surface area contributed by atoms with Gasteiger partial charge in [0, 0.05) is 6.07 Å². The minimum absolute atomic E-state index is 0.0152. The van der Waals surface area contributed by atoms with Crippen molar-refractivity contribution in [1.29, 1.82) is 0 Å². The molecule has 0 unspecified atom stereocenters. The zero-order valence-corrected chi connectivity index (χ0v) is 14.6. The molecule has 0 radical (unpaired) electrons. The summed E-state index contributed by atoms with van der Waals surface area (Å²) in [6.07, 6.45) is 3.16. The van der Waals surface area contributed by atoms with Crippen molar-refractivity contribution in [1.82, 2.24) is 29.4 Å². The first-order valence-electron chi connectivity index (χ1n) is 8.36. The van der Waals surface area contributed by atoms with Crippen LogP contribution in [0.1, 0.15) is 0 Å². The molecule has 0 saturated heterocycles. The standard InChI is InChI=1S/C19H13FN6O2/c1-28-13-6-7-14(16(27)8-13)17-23-19-15-9-22-26(12-4-2-11(20)3-5-12)18(15)21-10-25(19)24-17/h2-10,27H,1H3. The topological polar surface area (TPSA) is 90.4 Å². The second-order valence-corrected chi connectivity index (χ2v) is 6.10. The van der Waals surface area contributed by atoms with Crippen LogP contribution in [-0.2, 0) is 0 Å². The van der Waals surface area contributed by atoms with Crippen LogP contribution in [0.15, 0.2) is 55.0 Å². The van der Waals surface area contributed by atoms with E-state index in [4.69, 9.17) is 4.74 Å². The molecule has 0 atom stereocenters. The van der Waals surface area contributed by atoms with Gasteiger partial charge >= 0.3 is 0 Å². The largest absolute Gasteiger partial charge is 0.507 e. The van der Waals surface area contributed by atoms with E-state index < -0.39 is 0 Å². The lowest BCUT2D eigenvalue weighted by Crippen LogP contribution is -1.99. The first kappa shape index (κ1) is 16.2. The maximum absolute atomic E-state index is 13.2. The van der Waals surface area contributed by atoms with Gasteiger partial charge in [0.25, 0.3) is 0 Å². The molecule has 0 bridgehead atoms. The molecule has 0 spiro atoms. The Morgan fingerprint density at radius 1 is 1.07 bits per heavy atom. The maximum atomic E-state index is 13.2. The molecule has 0 saturated carbocycles. The Kier molecular flexibility index (Phi) is 3.48. The first-order valence-corrected chi connectivity index (χ1v) is 8.36. The predicted octanol–water partition coefficient (Wildman–Crippen LogP) is 2.98. The Morgan fingerprint density at radius 3 is 2.64 bits per heavy atom. The van der Waals surface area contributed by atoms with Crippen molar-refractivity contribution >= 4 is 16.7 Å². The summed E-state index contributed by atoms with van der Waals surface area (Å²) in [5, 5.41) is 19.7. The number of phenols is 1. The zero-order valence-electron chi connectivity index (χ0n) is 14.6. The van der Waals surface area contributed by atoms with Crippen molar-refractivity contribution < 1.29 is 14.2 Å². The highest BCUT2D eigenvalue weighted by Crippen LogP contribution is 2.31. The number of nitrogens with zero attached hydrogens (tertiary/aromatic N) is 6. The van der Waals surface area contributed by atoms with Gasteiger partial charge in [-0.3, -0.25) is 0 Å². The SMILES string of the molecule is COc1ccc(-c2nc3c4cnn(-c5ccc(F)cc5)c4ncn3n2)c(O)c1. The van der Waals surface area contributed by atoms with Crippen LogP contribution in [0.25, 0.3) is 33.8 Å². The van der Waals surface area contributed by atoms with Crippen molar-refractivity contribution in [2.75, 3.05) is 7.11 Å². The van der Waals surface area contributed by atoms with Gasteiger partial charge in [0.1, 0.15) is 23.6 Å². The zero-order chi connectivity index (χ0) is 19.3. The second-order valence-electron chi connectivity index (χ2n) is 6.10. The van der Waals surface area contributed by atoms with E-state index in [9.17, 15) is 9.50 Å². The number of aromatic nitrogens is 6. The number of hydrogen-bond donors (Lipinski definition) is 1. The molecule has 3 heterocycles. The molecular formula is C19H13FN6O2. The van der Waals surface area contributed by atoms with E-state index >= 15 is 0 Å². The van der Waals surface area contributed by atoms with Crippen LogP contribution in [0, 0.1) is 5.82 Å². The van der Waals surface area contributed by atoms with Crippen LogP contribution in [0.4, 0.5) is 4.39 Å². The van der Waals surface area contributed by atoms with Crippen LogP contribution >= 0.6 is 0 Å². The number of fused-ring (bicyclic) bond motifs is 3. The van der Waals surface area contributed by atoms with E-state index in [0.29, 0.717) is 39.5 Å². The molecule has 2 aromatic carbocycles. The number of methoxy groups -OCH3 is 1. The van der Waals surface area contributed by atoms with Crippen LogP contribution < -0.4 is 4.74 Å². The molecular weight excluding hydrogens is 363 g/mol. The van der Waals surface area contributed by atoms with Crippen LogP contribution in [0.5, 0.6) is 11.5 Å². The number of benzene rings is 2. The van der Waals surface area contributed by atoms with Crippen LogP contribution in [0.2, 0.25) is 0 Å². The van der Waals surface area contributed by atoms with E-state index in [1.165, 1.54) is 36.2 Å². The van der Waals surface area contributed by atoms with E-state index in [1.807, 2.05) is 0 Å². The monoisotopic (exact) mass is 376 g/mol. The fourth-order valence-electron chi connectivity index (χ4n) is 3.03. The Morgan fingerprint density at radius 2 is 1.89 bits per heavy atom. The molecule has 1 N–H and O–H groups in total. The normalized spacial score (nSPS) is 11.4. The maximum Gasteiger partial charge on any atom is 0.185 e. The van der Waals surface area contributed by atoms with E-state index in [2.05, 4.69) is 20.2 Å². The minimum Gasteiger partial charge on any atom is -0.507 e. The van der Waals surface area contributed by atoms with Gasteiger partial charge in [-0.1, -0.05) is 0 Å². The summed E-state index contributed by atoms with van der Waals surface area (Å²) in [5.41, 5.74) is 2.27. The van der Waals surface area contributed by atoms with Gasteiger partial charge in [-0.25, -0.2) is 23.6 Å². The third-order valence-electron chi connectivity index (χ3n) is 4.42. The van der Waals surface area contributed by atoms with Crippen LogP contribution in [-0.4, -0.2) is 41.6 Å². The smallest absolute Gasteiger partial charge is 0.185 e.